The van der Waals surface area contributed by atoms with E-state index in [4.69, 9.17) is 0 Å². The number of halogens is 1. The summed E-state index contributed by atoms with van der Waals surface area (Å²) >= 11 is 2.24. The van der Waals surface area contributed by atoms with Crippen molar-refractivity contribution in [3.63, 3.8) is 0 Å². The highest BCUT2D eigenvalue weighted by molar-refractivity contribution is 14.1. The molecule has 0 aliphatic carbocycles. The van der Waals surface area contributed by atoms with Gasteiger partial charge >= 0.3 is 0 Å². The number of hydrogen-bond acceptors (Lipinski definition) is 1. The highest BCUT2D eigenvalue weighted by Gasteiger charge is 2.13. The second-order valence-electron chi connectivity index (χ2n) is 4.21. The summed E-state index contributed by atoms with van der Waals surface area (Å²) in [5, 5.41) is 0. The van der Waals surface area contributed by atoms with Crippen LogP contribution in [0.1, 0.15) is 30.6 Å². The van der Waals surface area contributed by atoms with E-state index in [2.05, 4.69) is 36.4 Å². The van der Waals surface area contributed by atoms with Gasteiger partial charge in [0.2, 0.25) is 0 Å². The lowest BCUT2D eigenvalue weighted by atomic mass is 10.1. The molecule has 2 nitrogen and oxygen atoms in total. The van der Waals surface area contributed by atoms with E-state index in [1.807, 2.05) is 31.3 Å². The van der Waals surface area contributed by atoms with Crippen LogP contribution >= 0.6 is 22.6 Å². The number of hydrogen-bond donors (Lipinski definition) is 0. The van der Waals surface area contributed by atoms with Crippen molar-refractivity contribution in [3.8, 4) is 0 Å². The van der Waals surface area contributed by atoms with Crippen molar-refractivity contribution < 1.29 is 4.79 Å². The van der Waals surface area contributed by atoms with E-state index in [1.165, 1.54) is 0 Å². The van der Waals surface area contributed by atoms with E-state index in [0.29, 0.717) is 5.92 Å². The van der Waals surface area contributed by atoms with E-state index >= 15 is 0 Å². The molecular formula is C13H18INO. The van der Waals surface area contributed by atoms with Crippen LogP contribution in [0, 0.1) is 9.49 Å². The van der Waals surface area contributed by atoms with Crippen molar-refractivity contribution in [3.05, 3.63) is 33.4 Å². The normalized spacial score (nSPS) is 12.2. The first-order valence-electron chi connectivity index (χ1n) is 5.55. The second-order valence-corrected chi connectivity index (χ2v) is 5.45. The van der Waals surface area contributed by atoms with E-state index in [-0.39, 0.29) is 5.91 Å². The average molecular weight is 331 g/mol. The number of amides is 1. The van der Waals surface area contributed by atoms with Crippen LogP contribution in [-0.2, 0) is 0 Å². The standard InChI is InChI=1S/C13H18INO/c1-4-10(2)9-15(3)13(16)11-5-7-12(14)8-6-11/h5-8,10H,4,9H2,1-3H3. The molecule has 1 aromatic carbocycles. The van der Waals surface area contributed by atoms with Gasteiger partial charge in [0.25, 0.3) is 5.91 Å². The first-order valence-corrected chi connectivity index (χ1v) is 6.63. The van der Waals surface area contributed by atoms with Gasteiger partial charge < -0.3 is 4.90 Å². The summed E-state index contributed by atoms with van der Waals surface area (Å²) in [5.74, 6) is 0.662. The summed E-state index contributed by atoms with van der Waals surface area (Å²) < 4.78 is 1.15. The predicted octanol–water partition coefficient (Wildman–Crippen LogP) is 3.41. The van der Waals surface area contributed by atoms with E-state index in [1.54, 1.807) is 4.90 Å². The summed E-state index contributed by atoms with van der Waals surface area (Å²) in [6.45, 7) is 5.13. The zero-order valence-electron chi connectivity index (χ0n) is 10.0. The Balaban J connectivity index is 2.67. The van der Waals surface area contributed by atoms with Crippen LogP contribution in [0.5, 0.6) is 0 Å². The highest BCUT2D eigenvalue weighted by atomic mass is 127. The van der Waals surface area contributed by atoms with Gasteiger partial charge in [0.15, 0.2) is 0 Å². The Morgan fingerprint density at radius 3 is 2.44 bits per heavy atom. The summed E-state index contributed by atoms with van der Waals surface area (Å²) in [5.41, 5.74) is 0.770. The van der Waals surface area contributed by atoms with E-state index in [9.17, 15) is 4.79 Å². The quantitative estimate of drug-likeness (QED) is 0.775. The summed E-state index contributed by atoms with van der Waals surface area (Å²) in [7, 11) is 1.87. The van der Waals surface area contributed by atoms with Crippen molar-refractivity contribution in [1.29, 1.82) is 0 Å². The number of nitrogens with zero attached hydrogens (tertiary/aromatic N) is 1. The summed E-state index contributed by atoms with van der Waals surface area (Å²) in [4.78, 5) is 13.8. The number of rotatable bonds is 4. The van der Waals surface area contributed by atoms with Crippen LogP contribution in [0.15, 0.2) is 24.3 Å². The maximum atomic E-state index is 12.0. The SMILES string of the molecule is CCC(C)CN(C)C(=O)c1ccc(I)cc1. The Bertz CT molecular complexity index is 347. The van der Waals surface area contributed by atoms with Crippen molar-refractivity contribution in [2.75, 3.05) is 13.6 Å². The lowest BCUT2D eigenvalue weighted by Crippen LogP contribution is -2.30. The fourth-order valence-electron chi connectivity index (χ4n) is 1.49. The first-order chi connectivity index (χ1) is 7.54. The molecule has 88 valence electrons. The molecule has 0 spiro atoms. The molecule has 0 fully saturated rings. The van der Waals surface area contributed by atoms with Gasteiger partial charge in [0.05, 0.1) is 0 Å². The molecular weight excluding hydrogens is 313 g/mol. The van der Waals surface area contributed by atoms with Gasteiger partial charge in [-0.25, -0.2) is 0 Å². The monoisotopic (exact) mass is 331 g/mol. The minimum absolute atomic E-state index is 0.108. The molecule has 0 radical (unpaired) electrons. The fraction of sp³-hybridized carbons (Fsp3) is 0.462. The molecule has 0 aliphatic rings. The van der Waals surface area contributed by atoms with Gasteiger partial charge in [-0.3, -0.25) is 4.79 Å². The molecule has 0 aliphatic heterocycles. The molecule has 0 saturated carbocycles. The maximum absolute atomic E-state index is 12.0. The molecule has 1 aromatic rings. The Kier molecular flexibility index (Phi) is 5.25. The van der Waals surface area contributed by atoms with Crippen molar-refractivity contribution in [2.45, 2.75) is 20.3 Å². The molecule has 3 heteroatoms. The Morgan fingerprint density at radius 1 is 1.38 bits per heavy atom. The van der Waals surface area contributed by atoms with E-state index in [0.717, 1.165) is 22.1 Å². The van der Waals surface area contributed by atoms with Crippen molar-refractivity contribution in [2.24, 2.45) is 5.92 Å². The van der Waals surface area contributed by atoms with Gasteiger partial charge in [-0.2, -0.15) is 0 Å². The third kappa shape index (κ3) is 3.77. The molecule has 0 heterocycles. The highest BCUT2D eigenvalue weighted by Crippen LogP contribution is 2.10. The number of carbonyl (C=O) groups is 1. The van der Waals surface area contributed by atoms with Crippen molar-refractivity contribution in [1.82, 2.24) is 4.90 Å². The Hall–Kier alpha value is -0.580. The minimum atomic E-state index is 0.108. The smallest absolute Gasteiger partial charge is 0.253 e. The van der Waals surface area contributed by atoms with Crippen LogP contribution in [0.4, 0.5) is 0 Å². The number of carbonyl (C=O) groups excluding carboxylic acids is 1. The molecule has 0 N–H and O–H groups in total. The summed E-state index contributed by atoms with van der Waals surface area (Å²) in [6.07, 6.45) is 1.10. The molecule has 0 bridgehead atoms. The van der Waals surface area contributed by atoms with Gasteiger partial charge in [-0.05, 0) is 52.8 Å². The second kappa shape index (κ2) is 6.23. The molecule has 1 amide bonds. The summed E-state index contributed by atoms with van der Waals surface area (Å²) in [6, 6.07) is 7.70. The zero-order valence-corrected chi connectivity index (χ0v) is 12.2. The minimum Gasteiger partial charge on any atom is -0.341 e. The van der Waals surface area contributed by atoms with Crippen LogP contribution in [-0.4, -0.2) is 24.4 Å². The fourth-order valence-corrected chi connectivity index (χ4v) is 1.85. The largest absolute Gasteiger partial charge is 0.341 e. The molecule has 16 heavy (non-hydrogen) atoms. The third-order valence-electron chi connectivity index (χ3n) is 2.72. The first kappa shape index (κ1) is 13.5. The molecule has 1 unspecified atom stereocenters. The van der Waals surface area contributed by atoms with E-state index < -0.39 is 0 Å². The lowest BCUT2D eigenvalue weighted by molar-refractivity contribution is 0.0775. The zero-order chi connectivity index (χ0) is 12.1. The molecule has 1 rings (SSSR count). The molecule has 0 aromatic heterocycles. The third-order valence-corrected chi connectivity index (χ3v) is 3.44. The van der Waals surface area contributed by atoms with Crippen LogP contribution in [0.25, 0.3) is 0 Å². The Labute approximate surface area is 111 Å². The van der Waals surface area contributed by atoms with Crippen LogP contribution in [0.2, 0.25) is 0 Å². The topological polar surface area (TPSA) is 20.3 Å². The average Bonchev–Trinajstić information content (AvgIpc) is 2.28. The number of benzene rings is 1. The van der Waals surface area contributed by atoms with Crippen LogP contribution in [0.3, 0.4) is 0 Å². The predicted molar refractivity (Wildman–Crippen MR) is 75.6 cm³/mol. The maximum Gasteiger partial charge on any atom is 0.253 e. The van der Waals surface area contributed by atoms with Crippen LogP contribution < -0.4 is 0 Å². The Morgan fingerprint density at radius 2 is 1.94 bits per heavy atom. The van der Waals surface area contributed by atoms with Crippen molar-refractivity contribution >= 4 is 28.5 Å². The lowest BCUT2D eigenvalue weighted by Gasteiger charge is -2.20. The van der Waals surface area contributed by atoms with Gasteiger partial charge in [-0.1, -0.05) is 20.3 Å². The molecule has 0 saturated heterocycles. The van der Waals surface area contributed by atoms with Gasteiger partial charge in [0, 0.05) is 22.7 Å². The van der Waals surface area contributed by atoms with Gasteiger partial charge in [0.1, 0.15) is 0 Å². The van der Waals surface area contributed by atoms with Gasteiger partial charge in [-0.15, -0.1) is 0 Å². The molecule has 1 atom stereocenters.